The van der Waals surface area contributed by atoms with Gasteiger partial charge in [0.15, 0.2) is 0 Å². The first-order chi connectivity index (χ1) is 9.72. The Bertz CT molecular complexity index is 621. The van der Waals surface area contributed by atoms with Gasteiger partial charge in [-0.3, -0.25) is 4.79 Å². The highest BCUT2D eigenvalue weighted by Crippen LogP contribution is 2.36. The van der Waals surface area contributed by atoms with Crippen LogP contribution in [0.5, 0.6) is 0 Å². The van der Waals surface area contributed by atoms with E-state index in [1.807, 2.05) is 18.2 Å². The number of carbonyl (C=O) groups is 1. The molecule has 104 valence electrons. The fourth-order valence-corrected chi connectivity index (χ4v) is 3.12. The lowest BCUT2D eigenvalue weighted by atomic mass is 10.0. The molecule has 2 nitrogen and oxygen atoms in total. The van der Waals surface area contributed by atoms with Crippen molar-refractivity contribution in [3.63, 3.8) is 0 Å². The van der Waals surface area contributed by atoms with Crippen LogP contribution in [0.15, 0.2) is 42.5 Å². The third-order valence-electron chi connectivity index (χ3n) is 3.81. The molecule has 2 aromatic rings. The first-order valence-corrected chi connectivity index (χ1v) is 8.02. The number of halogens is 1. The van der Waals surface area contributed by atoms with Gasteiger partial charge < -0.3 is 5.32 Å². The molecule has 3 heteroatoms. The van der Waals surface area contributed by atoms with Crippen molar-refractivity contribution in [3.05, 3.63) is 48.0 Å². The van der Waals surface area contributed by atoms with Crippen LogP contribution >= 0.6 is 15.9 Å². The summed E-state index contributed by atoms with van der Waals surface area (Å²) >= 11 is 3.64. The summed E-state index contributed by atoms with van der Waals surface area (Å²) in [6.07, 6.45) is 3.03. The number of hydrogen-bond acceptors (Lipinski definition) is 1. The van der Waals surface area contributed by atoms with Crippen molar-refractivity contribution in [2.24, 2.45) is 5.92 Å². The Morgan fingerprint density at radius 2 is 1.95 bits per heavy atom. The van der Waals surface area contributed by atoms with Gasteiger partial charge in [-0.15, -0.1) is 0 Å². The molecule has 1 amide bonds. The van der Waals surface area contributed by atoms with Crippen molar-refractivity contribution in [3.8, 4) is 0 Å². The van der Waals surface area contributed by atoms with Crippen LogP contribution in [0, 0.1) is 5.92 Å². The summed E-state index contributed by atoms with van der Waals surface area (Å²) in [5.74, 6) is 0.862. The smallest absolute Gasteiger partial charge is 0.224 e. The molecule has 1 aliphatic rings. The predicted octanol–water partition coefficient (Wildman–Crippen LogP) is 3.67. The molecule has 0 saturated heterocycles. The first-order valence-electron chi connectivity index (χ1n) is 7.11. The minimum absolute atomic E-state index is 0.102. The van der Waals surface area contributed by atoms with Gasteiger partial charge in [0, 0.05) is 11.4 Å². The molecule has 1 saturated carbocycles. The van der Waals surface area contributed by atoms with Gasteiger partial charge in [0.25, 0.3) is 0 Å². The summed E-state index contributed by atoms with van der Waals surface area (Å²) in [5, 5.41) is 5.42. The number of hydrogen-bond donors (Lipinski definition) is 1. The maximum Gasteiger partial charge on any atom is 0.224 e. The van der Waals surface area contributed by atoms with Crippen LogP contribution in [0.1, 0.15) is 18.4 Å². The number of benzene rings is 2. The molecule has 0 aromatic heterocycles. The van der Waals surface area contributed by atoms with E-state index < -0.39 is 0 Å². The summed E-state index contributed by atoms with van der Waals surface area (Å²) in [7, 11) is 0. The van der Waals surface area contributed by atoms with Gasteiger partial charge in [0.2, 0.25) is 5.91 Å². The lowest BCUT2D eigenvalue weighted by Gasteiger charge is -2.10. The molecule has 0 radical (unpaired) electrons. The molecule has 3 rings (SSSR count). The predicted molar refractivity (Wildman–Crippen MR) is 86.1 cm³/mol. The third kappa shape index (κ3) is 3.40. The number of fused-ring (bicyclic) bond motifs is 1. The van der Waals surface area contributed by atoms with Crippen LogP contribution in [0.2, 0.25) is 0 Å². The standard InChI is InChI=1S/C17H18BrNO/c18-16(14-7-8-14)11-19-17(20)10-12-5-6-13-3-1-2-4-15(13)9-12/h1-6,9,14,16H,7-8,10-11H2,(H,19,20). The summed E-state index contributed by atoms with van der Waals surface area (Å²) in [5.41, 5.74) is 1.07. The van der Waals surface area contributed by atoms with E-state index in [0.717, 1.165) is 18.0 Å². The number of nitrogens with one attached hydrogen (secondary N) is 1. The van der Waals surface area contributed by atoms with Crippen molar-refractivity contribution in [2.75, 3.05) is 6.54 Å². The van der Waals surface area contributed by atoms with Gasteiger partial charge in [-0.2, -0.15) is 0 Å². The van der Waals surface area contributed by atoms with E-state index in [-0.39, 0.29) is 5.91 Å². The minimum Gasteiger partial charge on any atom is -0.355 e. The average molecular weight is 332 g/mol. The zero-order valence-corrected chi connectivity index (χ0v) is 12.9. The van der Waals surface area contributed by atoms with Gasteiger partial charge in [0.05, 0.1) is 6.42 Å². The van der Waals surface area contributed by atoms with E-state index in [0.29, 0.717) is 11.2 Å². The van der Waals surface area contributed by atoms with Gasteiger partial charge in [-0.25, -0.2) is 0 Å². The van der Waals surface area contributed by atoms with Gasteiger partial charge >= 0.3 is 0 Å². The van der Waals surface area contributed by atoms with E-state index >= 15 is 0 Å². The highest BCUT2D eigenvalue weighted by Gasteiger charge is 2.29. The molecule has 1 fully saturated rings. The summed E-state index contributed by atoms with van der Waals surface area (Å²) in [4.78, 5) is 12.4. The molecule has 1 N–H and O–H groups in total. The fourth-order valence-electron chi connectivity index (χ4n) is 2.43. The van der Waals surface area contributed by atoms with Gasteiger partial charge in [-0.1, -0.05) is 58.4 Å². The minimum atomic E-state index is 0.102. The van der Waals surface area contributed by atoms with Crippen molar-refractivity contribution >= 4 is 32.6 Å². The van der Waals surface area contributed by atoms with Crippen molar-refractivity contribution in [2.45, 2.75) is 24.1 Å². The SMILES string of the molecule is O=C(Cc1ccc2ccccc2c1)NCC(Br)C1CC1. The summed E-state index contributed by atoms with van der Waals surface area (Å²) < 4.78 is 0. The Morgan fingerprint density at radius 3 is 2.70 bits per heavy atom. The lowest BCUT2D eigenvalue weighted by Crippen LogP contribution is -2.31. The van der Waals surface area contributed by atoms with Crippen molar-refractivity contribution < 1.29 is 4.79 Å². The number of carbonyl (C=O) groups excluding carboxylic acids is 1. The van der Waals surface area contributed by atoms with E-state index in [2.05, 4.69) is 45.5 Å². The van der Waals surface area contributed by atoms with E-state index in [4.69, 9.17) is 0 Å². The Balaban J connectivity index is 1.58. The monoisotopic (exact) mass is 331 g/mol. The normalized spacial score (nSPS) is 16.1. The Hall–Kier alpha value is -1.35. The maximum absolute atomic E-state index is 12.0. The van der Waals surface area contributed by atoms with Crippen LogP contribution in [0.25, 0.3) is 10.8 Å². The molecule has 1 aliphatic carbocycles. The van der Waals surface area contributed by atoms with Crippen LogP contribution in [-0.2, 0) is 11.2 Å². The summed E-state index contributed by atoms with van der Waals surface area (Å²) in [6, 6.07) is 14.4. The van der Waals surface area contributed by atoms with Gasteiger partial charge in [0.1, 0.15) is 0 Å². The topological polar surface area (TPSA) is 29.1 Å². The second-order valence-corrected chi connectivity index (χ2v) is 6.69. The van der Waals surface area contributed by atoms with Crippen LogP contribution in [-0.4, -0.2) is 17.3 Å². The zero-order chi connectivity index (χ0) is 13.9. The average Bonchev–Trinajstić information content (AvgIpc) is 3.29. The number of alkyl halides is 1. The maximum atomic E-state index is 12.0. The Kier molecular flexibility index (Phi) is 4.06. The Morgan fingerprint density at radius 1 is 1.20 bits per heavy atom. The lowest BCUT2D eigenvalue weighted by molar-refractivity contribution is -0.120. The molecule has 1 atom stereocenters. The number of rotatable bonds is 5. The van der Waals surface area contributed by atoms with Gasteiger partial charge in [-0.05, 0) is 35.1 Å². The van der Waals surface area contributed by atoms with Crippen LogP contribution < -0.4 is 5.32 Å². The first kappa shape index (κ1) is 13.6. The molecule has 0 spiro atoms. The highest BCUT2D eigenvalue weighted by molar-refractivity contribution is 9.09. The molecule has 20 heavy (non-hydrogen) atoms. The van der Waals surface area contributed by atoms with Crippen LogP contribution in [0.4, 0.5) is 0 Å². The molecule has 0 bridgehead atoms. The molecule has 2 aromatic carbocycles. The van der Waals surface area contributed by atoms with Crippen molar-refractivity contribution in [1.29, 1.82) is 0 Å². The second-order valence-electron chi connectivity index (χ2n) is 5.52. The largest absolute Gasteiger partial charge is 0.355 e. The molecular formula is C17H18BrNO. The second kappa shape index (κ2) is 5.96. The molecule has 0 aliphatic heterocycles. The summed E-state index contributed by atoms with van der Waals surface area (Å²) in [6.45, 7) is 0.733. The number of amides is 1. The van der Waals surface area contributed by atoms with Crippen molar-refractivity contribution in [1.82, 2.24) is 5.32 Å². The molecule has 1 unspecified atom stereocenters. The zero-order valence-electron chi connectivity index (χ0n) is 11.3. The quantitative estimate of drug-likeness (QED) is 0.832. The van der Waals surface area contributed by atoms with E-state index in [1.165, 1.54) is 23.6 Å². The third-order valence-corrected chi connectivity index (χ3v) is 4.88. The molecule has 0 heterocycles. The van der Waals surface area contributed by atoms with E-state index in [1.54, 1.807) is 0 Å². The van der Waals surface area contributed by atoms with Crippen LogP contribution in [0.3, 0.4) is 0 Å². The van der Waals surface area contributed by atoms with E-state index in [9.17, 15) is 4.79 Å². The fraction of sp³-hybridized carbons (Fsp3) is 0.353. The molecular weight excluding hydrogens is 314 g/mol. The Labute approximate surface area is 127 Å². The highest BCUT2D eigenvalue weighted by atomic mass is 79.9.